The highest BCUT2D eigenvalue weighted by Crippen LogP contribution is 2.48. The van der Waals surface area contributed by atoms with Crippen LogP contribution in [0.25, 0.3) is 0 Å². The van der Waals surface area contributed by atoms with Gasteiger partial charge in [-0.1, -0.05) is 18.6 Å². The lowest BCUT2D eigenvalue weighted by molar-refractivity contribution is -0.275. The lowest BCUT2D eigenvalue weighted by Crippen LogP contribution is -2.30. The van der Waals surface area contributed by atoms with Crippen LogP contribution in [0, 0.1) is 23.6 Å². The summed E-state index contributed by atoms with van der Waals surface area (Å²) in [4.78, 5) is 0. The molecule has 0 radical (unpaired) electrons. The maximum absolute atomic E-state index is 14.0. The van der Waals surface area contributed by atoms with Crippen LogP contribution in [-0.2, 0) is 0 Å². The molecule has 2 aliphatic carbocycles. The Morgan fingerprint density at radius 2 is 1.81 bits per heavy atom. The van der Waals surface area contributed by atoms with Crippen molar-refractivity contribution in [3.63, 3.8) is 0 Å². The molecule has 26 heavy (non-hydrogen) atoms. The summed E-state index contributed by atoms with van der Waals surface area (Å²) in [6.07, 6.45) is 6.27. The van der Waals surface area contributed by atoms with E-state index in [0.717, 1.165) is 49.1 Å². The number of rotatable bonds is 5. The fourth-order valence-electron chi connectivity index (χ4n) is 4.88. The minimum Gasteiger partial charge on any atom is -0.403 e. The van der Waals surface area contributed by atoms with E-state index in [-0.39, 0.29) is 5.92 Å². The van der Waals surface area contributed by atoms with Crippen LogP contribution in [0.3, 0.4) is 0 Å². The molecule has 3 rings (SSSR count). The fourth-order valence-corrected chi connectivity index (χ4v) is 4.88. The summed E-state index contributed by atoms with van der Waals surface area (Å²) in [5.41, 5.74) is 0.796. The lowest BCUT2D eigenvalue weighted by Gasteiger charge is -2.42. The Morgan fingerprint density at radius 1 is 1.08 bits per heavy atom. The first-order valence-corrected chi connectivity index (χ1v) is 9.51. The highest BCUT2D eigenvalue weighted by atomic mass is 19.4. The molecule has 1 aromatic rings. The predicted octanol–water partition coefficient (Wildman–Crippen LogP) is 6.99. The molecule has 0 heterocycles. The largest absolute Gasteiger partial charge is 0.573 e. The molecule has 0 bridgehead atoms. The molecule has 1 aromatic carbocycles. The van der Waals surface area contributed by atoms with Gasteiger partial charge in [-0.3, -0.25) is 0 Å². The first-order valence-electron chi connectivity index (χ1n) is 9.51. The zero-order valence-electron chi connectivity index (χ0n) is 14.9. The Bertz CT molecular complexity index is 625. The summed E-state index contributed by atoms with van der Waals surface area (Å²) in [6.45, 7) is 3.80. The second-order valence-corrected chi connectivity index (χ2v) is 7.81. The van der Waals surface area contributed by atoms with Crippen molar-refractivity contribution in [3.8, 4) is 5.75 Å². The van der Waals surface area contributed by atoms with E-state index in [0.29, 0.717) is 5.92 Å². The number of halogens is 4. The number of alkyl halides is 3. The van der Waals surface area contributed by atoms with E-state index in [2.05, 4.69) is 11.3 Å². The molecule has 1 nitrogen and oxygen atoms in total. The second kappa shape index (κ2) is 8.01. The van der Waals surface area contributed by atoms with Crippen LogP contribution < -0.4 is 4.74 Å². The Labute approximate surface area is 152 Å². The molecule has 2 aliphatic rings. The van der Waals surface area contributed by atoms with Gasteiger partial charge in [0.25, 0.3) is 0 Å². The third-order valence-corrected chi connectivity index (χ3v) is 6.15. The van der Waals surface area contributed by atoms with Crippen molar-refractivity contribution < 1.29 is 22.3 Å². The molecule has 4 atom stereocenters. The van der Waals surface area contributed by atoms with E-state index in [1.807, 2.05) is 6.08 Å². The fraction of sp³-hybridized carbons (Fsp3) is 0.619. The monoisotopic (exact) mass is 370 g/mol. The van der Waals surface area contributed by atoms with E-state index in [1.54, 1.807) is 6.07 Å². The van der Waals surface area contributed by atoms with E-state index in [9.17, 15) is 17.6 Å². The van der Waals surface area contributed by atoms with Crippen LogP contribution in [0.4, 0.5) is 17.6 Å². The maximum atomic E-state index is 14.0. The van der Waals surface area contributed by atoms with Crippen molar-refractivity contribution >= 4 is 0 Å². The molecule has 4 unspecified atom stereocenters. The third-order valence-electron chi connectivity index (χ3n) is 6.15. The van der Waals surface area contributed by atoms with Crippen LogP contribution in [0.5, 0.6) is 5.75 Å². The molecule has 0 N–H and O–H groups in total. The molecule has 5 heteroatoms. The van der Waals surface area contributed by atoms with Crippen molar-refractivity contribution in [1.82, 2.24) is 0 Å². The molecule has 2 fully saturated rings. The first-order chi connectivity index (χ1) is 12.4. The predicted molar refractivity (Wildman–Crippen MR) is 93.4 cm³/mol. The van der Waals surface area contributed by atoms with Crippen LogP contribution in [0.2, 0.25) is 0 Å². The van der Waals surface area contributed by atoms with Gasteiger partial charge in [0.05, 0.1) is 0 Å². The van der Waals surface area contributed by atoms with Gasteiger partial charge in [0.1, 0.15) is 0 Å². The second-order valence-electron chi connectivity index (χ2n) is 7.81. The normalized spacial score (nSPS) is 29.1. The summed E-state index contributed by atoms with van der Waals surface area (Å²) in [7, 11) is 0. The van der Waals surface area contributed by atoms with Gasteiger partial charge in [0.15, 0.2) is 11.6 Å². The number of fused-ring (bicyclic) bond motifs is 1. The Balaban J connectivity index is 1.61. The smallest absolute Gasteiger partial charge is 0.403 e. The first kappa shape index (κ1) is 19.2. The summed E-state index contributed by atoms with van der Waals surface area (Å²) < 4.78 is 54.6. The molecule has 2 saturated carbocycles. The Kier molecular flexibility index (Phi) is 5.93. The van der Waals surface area contributed by atoms with Crippen molar-refractivity contribution in [2.45, 2.75) is 63.6 Å². The molecule has 0 aromatic heterocycles. The summed E-state index contributed by atoms with van der Waals surface area (Å²) in [5.74, 6) is 0.737. The zero-order chi connectivity index (χ0) is 18.7. The van der Waals surface area contributed by atoms with Crippen molar-refractivity contribution in [1.29, 1.82) is 0 Å². The average molecular weight is 370 g/mol. The van der Waals surface area contributed by atoms with Crippen LogP contribution in [0.15, 0.2) is 30.9 Å². The molecule has 144 valence electrons. The molecular formula is C21H26F4O. The van der Waals surface area contributed by atoms with Crippen molar-refractivity contribution in [3.05, 3.63) is 42.2 Å². The van der Waals surface area contributed by atoms with Crippen molar-refractivity contribution in [2.75, 3.05) is 0 Å². The van der Waals surface area contributed by atoms with E-state index >= 15 is 0 Å². The van der Waals surface area contributed by atoms with Gasteiger partial charge >= 0.3 is 6.36 Å². The number of benzene rings is 1. The van der Waals surface area contributed by atoms with Gasteiger partial charge in [-0.25, -0.2) is 4.39 Å². The van der Waals surface area contributed by atoms with Crippen molar-refractivity contribution in [2.24, 2.45) is 17.8 Å². The zero-order valence-corrected chi connectivity index (χ0v) is 14.9. The lowest BCUT2D eigenvalue weighted by atomic mass is 9.63. The van der Waals surface area contributed by atoms with E-state index in [1.165, 1.54) is 31.7 Å². The van der Waals surface area contributed by atoms with Gasteiger partial charge in [-0.15, -0.1) is 19.8 Å². The van der Waals surface area contributed by atoms with E-state index < -0.39 is 17.9 Å². The van der Waals surface area contributed by atoms with Gasteiger partial charge < -0.3 is 4.74 Å². The minimum atomic E-state index is -4.87. The Morgan fingerprint density at radius 3 is 2.50 bits per heavy atom. The SMILES string of the molecule is C=CCCC1CCC2CC(c3ccc(OC(F)(F)F)c(F)c3)CCC2C1. The van der Waals surface area contributed by atoms with Gasteiger partial charge in [0, 0.05) is 0 Å². The maximum Gasteiger partial charge on any atom is 0.573 e. The summed E-state index contributed by atoms with van der Waals surface area (Å²) in [6, 6.07) is 3.92. The van der Waals surface area contributed by atoms with Crippen LogP contribution in [0.1, 0.15) is 62.8 Å². The van der Waals surface area contributed by atoms with E-state index in [4.69, 9.17) is 0 Å². The Hall–Kier alpha value is -1.52. The van der Waals surface area contributed by atoms with Crippen LogP contribution in [-0.4, -0.2) is 6.36 Å². The topological polar surface area (TPSA) is 9.23 Å². The number of allylic oxidation sites excluding steroid dienone is 1. The number of ether oxygens (including phenoxy) is 1. The van der Waals surface area contributed by atoms with Crippen LogP contribution >= 0.6 is 0 Å². The summed E-state index contributed by atoms with van der Waals surface area (Å²) >= 11 is 0. The highest BCUT2D eigenvalue weighted by molar-refractivity contribution is 5.32. The minimum absolute atomic E-state index is 0.232. The quantitative estimate of drug-likeness (QED) is 0.401. The molecule has 0 amide bonds. The van der Waals surface area contributed by atoms with Gasteiger partial charge in [-0.05, 0) is 86.3 Å². The molecule has 0 spiro atoms. The highest BCUT2D eigenvalue weighted by Gasteiger charge is 2.36. The van der Waals surface area contributed by atoms with Gasteiger partial charge in [-0.2, -0.15) is 0 Å². The number of hydrogen-bond donors (Lipinski definition) is 0. The summed E-state index contributed by atoms with van der Waals surface area (Å²) in [5, 5.41) is 0. The number of hydrogen-bond acceptors (Lipinski definition) is 1. The standard InChI is InChI=1S/C21H26F4O/c1-2-3-4-14-5-6-16-12-17(8-7-15(16)11-14)18-9-10-20(19(22)13-18)26-21(23,24)25/h2,9-10,13-17H,1,3-8,11-12H2. The molecular weight excluding hydrogens is 344 g/mol. The third kappa shape index (κ3) is 4.80. The molecule has 0 aliphatic heterocycles. The van der Waals surface area contributed by atoms with Gasteiger partial charge in [0.2, 0.25) is 0 Å². The molecule has 0 saturated heterocycles. The average Bonchev–Trinajstić information content (AvgIpc) is 2.60.